The molecule has 3 atom stereocenters. The second kappa shape index (κ2) is 6.73. The van der Waals surface area contributed by atoms with E-state index in [9.17, 15) is 9.59 Å². The summed E-state index contributed by atoms with van der Waals surface area (Å²) in [6.45, 7) is 6.47. The highest BCUT2D eigenvalue weighted by molar-refractivity contribution is 5.90. The molecule has 1 heterocycles. The van der Waals surface area contributed by atoms with Gasteiger partial charge in [-0.1, -0.05) is 6.92 Å². The first kappa shape index (κ1) is 15.0. The number of amides is 2. The summed E-state index contributed by atoms with van der Waals surface area (Å²) in [5.74, 6) is -0.0106. The first-order chi connectivity index (χ1) is 8.51. The van der Waals surface area contributed by atoms with Crippen LogP contribution >= 0.6 is 0 Å². The van der Waals surface area contributed by atoms with Gasteiger partial charge in [0.25, 0.3) is 0 Å². The van der Waals surface area contributed by atoms with Crippen LogP contribution in [0.2, 0.25) is 0 Å². The molecule has 0 bridgehead atoms. The lowest BCUT2D eigenvalue weighted by atomic mass is 10.1. The number of carbonyl (C=O) groups excluding carboxylic acids is 2. The predicted molar refractivity (Wildman–Crippen MR) is 69.1 cm³/mol. The van der Waals surface area contributed by atoms with Crippen LogP contribution in [-0.2, 0) is 14.3 Å². The number of rotatable bonds is 5. The molecule has 1 N–H and O–H groups in total. The average molecular weight is 256 g/mol. The largest absolute Gasteiger partial charge is 0.385 e. The van der Waals surface area contributed by atoms with Crippen LogP contribution in [0, 0.1) is 0 Å². The van der Waals surface area contributed by atoms with E-state index in [0.29, 0.717) is 19.4 Å². The Morgan fingerprint density at radius 2 is 2.17 bits per heavy atom. The fourth-order valence-electron chi connectivity index (χ4n) is 2.43. The van der Waals surface area contributed by atoms with Crippen molar-refractivity contribution in [1.29, 1.82) is 0 Å². The summed E-state index contributed by atoms with van der Waals surface area (Å²) in [5.41, 5.74) is 0. The van der Waals surface area contributed by atoms with E-state index in [1.54, 1.807) is 7.11 Å². The number of hydrogen-bond donors (Lipinski definition) is 1. The van der Waals surface area contributed by atoms with Gasteiger partial charge in [-0.25, -0.2) is 0 Å². The molecule has 0 radical (unpaired) electrons. The zero-order valence-electron chi connectivity index (χ0n) is 11.7. The summed E-state index contributed by atoms with van der Waals surface area (Å²) in [5, 5.41) is 2.79. The van der Waals surface area contributed by atoms with Crippen LogP contribution in [0.25, 0.3) is 0 Å². The molecule has 18 heavy (non-hydrogen) atoms. The van der Waals surface area contributed by atoms with Crippen molar-refractivity contribution in [2.45, 2.75) is 58.2 Å². The molecule has 104 valence electrons. The Bertz CT molecular complexity index is 307. The summed E-state index contributed by atoms with van der Waals surface area (Å²) in [4.78, 5) is 25.9. The summed E-state index contributed by atoms with van der Waals surface area (Å²) in [6.07, 6.45) is 1.79. The molecule has 1 aliphatic heterocycles. The van der Waals surface area contributed by atoms with Gasteiger partial charge < -0.3 is 15.0 Å². The maximum atomic E-state index is 12.4. The average Bonchev–Trinajstić information content (AvgIpc) is 2.42. The van der Waals surface area contributed by atoms with Crippen LogP contribution in [-0.4, -0.2) is 48.6 Å². The quantitative estimate of drug-likeness (QED) is 0.796. The Kier molecular flexibility index (Phi) is 5.59. The van der Waals surface area contributed by atoms with Crippen molar-refractivity contribution in [2.24, 2.45) is 0 Å². The Hall–Kier alpha value is -1.10. The van der Waals surface area contributed by atoms with E-state index in [2.05, 4.69) is 5.32 Å². The molecule has 5 nitrogen and oxygen atoms in total. The van der Waals surface area contributed by atoms with Crippen LogP contribution in [0.1, 0.15) is 40.0 Å². The summed E-state index contributed by atoms with van der Waals surface area (Å²) < 4.78 is 5.06. The van der Waals surface area contributed by atoms with Gasteiger partial charge >= 0.3 is 0 Å². The molecule has 2 amide bonds. The predicted octanol–water partition coefficient (Wildman–Crippen LogP) is 0.927. The third-order valence-corrected chi connectivity index (χ3v) is 3.47. The number of hydrogen-bond acceptors (Lipinski definition) is 3. The van der Waals surface area contributed by atoms with E-state index in [4.69, 9.17) is 4.74 Å². The summed E-state index contributed by atoms with van der Waals surface area (Å²) >= 11 is 0. The van der Waals surface area contributed by atoms with Crippen LogP contribution < -0.4 is 5.32 Å². The number of nitrogens with zero attached hydrogens (tertiary/aromatic N) is 1. The second-order valence-corrected chi connectivity index (χ2v) is 4.96. The topological polar surface area (TPSA) is 58.6 Å². The lowest BCUT2D eigenvalue weighted by molar-refractivity contribution is -0.137. The molecule has 1 rings (SSSR count). The fourth-order valence-corrected chi connectivity index (χ4v) is 2.43. The van der Waals surface area contributed by atoms with Crippen LogP contribution in [0.3, 0.4) is 0 Å². The van der Waals surface area contributed by atoms with Crippen LogP contribution in [0.4, 0.5) is 0 Å². The molecular formula is C13H24N2O3. The van der Waals surface area contributed by atoms with Crippen molar-refractivity contribution in [3.63, 3.8) is 0 Å². The zero-order valence-corrected chi connectivity index (χ0v) is 11.7. The molecule has 0 aromatic heterocycles. The maximum absolute atomic E-state index is 12.4. The molecule has 5 heteroatoms. The minimum atomic E-state index is -0.382. The SMILES string of the molecule is CCC1NC(=O)CC(C)N(C(C)CCOC)C1=O. The van der Waals surface area contributed by atoms with E-state index in [1.807, 2.05) is 25.7 Å². The standard InChI is InChI=1S/C13H24N2O3/c1-5-11-13(17)15(9(2)6-7-18-4)10(3)8-12(16)14-11/h9-11H,5-8H2,1-4H3,(H,14,16). The van der Waals surface area contributed by atoms with E-state index >= 15 is 0 Å². The van der Waals surface area contributed by atoms with Crippen molar-refractivity contribution in [3.8, 4) is 0 Å². The van der Waals surface area contributed by atoms with Gasteiger partial charge in [0.05, 0.1) is 0 Å². The highest BCUT2D eigenvalue weighted by atomic mass is 16.5. The van der Waals surface area contributed by atoms with Crippen molar-refractivity contribution < 1.29 is 14.3 Å². The van der Waals surface area contributed by atoms with Crippen LogP contribution in [0.5, 0.6) is 0 Å². The van der Waals surface area contributed by atoms with Gasteiger partial charge in [-0.15, -0.1) is 0 Å². The van der Waals surface area contributed by atoms with Gasteiger partial charge in [-0.05, 0) is 26.7 Å². The summed E-state index contributed by atoms with van der Waals surface area (Å²) in [7, 11) is 1.65. The Morgan fingerprint density at radius 3 is 2.72 bits per heavy atom. The first-order valence-corrected chi connectivity index (χ1v) is 6.61. The van der Waals surface area contributed by atoms with Gasteiger partial charge in [0.2, 0.25) is 11.8 Å². The van der Waals surface area contributed by atoms with E-state index in [0.717, 1.165) is 6.42 Å². The molecular weight excluding hydrogens is 232 g/mol. The molecule has 0 aliphatic carbocycles. The Labute approximate surface area is 109 Å². The smallest absolute Gasteiger partial charge is 0.245 e. The maximum Gasteiger partial charge on any atom is 0.245 e. The normalized spacial score (nSPS) is 26.8. The minimum absolute atomic E-state index is 0.0273. The van der Waals surface area contributed by atoms with Gasteiger partial charge in [-0.3, -0.25) is 9.59 Å². The molecule has 1 saturated heterocycles. The molecule has 1 aliphatic rings. The van der Waals surface area contributed by atoms with Crippen molar-refractivity contribution in [1.82, 2.24) is 10.2 Å². The molecule has 0 saturated carbocycles. The highest BCUT2D eigenvalue weighted by Gasteiger charge is 2.35. The molecule has 0 aromatic rings. The lowest BCUT2D eigenvalue weighted by Crippen LogP contribution is -2.50. The van der Waals surface area contributed by atoms with Crippen molar-refractivity contribution >= 4 is 11.8 Å². The lowest BCUT2D eigenvalue weighted by Gasteiger charge is -2.34. The number of ether oxygens (including phenoxy) is 1. The highest BCUT2D eigenvalue weighted by Crippen LogP contribution is 2.18. The molecule has 0 aromatic carbocycles. The van der Waals surface area contributed by atoms with Gasteiger partial charge in [0, 0.05) is 32.2 Å². The van der Waals surface area contributed by atoms with Crippen LogP contribution in [0.15, 0.2) is 0 Å². The van der Waals surface area contributed by atoms with E-state index in [1.165, 1.54) is 0 Å². The van der Waals surface area contributed by atoms with Gasteiger partial charge in [0.1, 0.15) is 6.04 Å². The Balaban J connectivity index is 2.83. The monoisotopic (exact) mass is 256 g/mol. The fraction of sp³-hybridized carbons (Fsp3) is 0.846. The minimum Gasteiger partial charge on any atom is -0.385 e. The molecule has 3 unspecified atom stereocenters. The van der Waals surface area contributed by atoms with Crippen molar-refractivity contribution in [2.75, 3.05) is 13.7 Å². The van der Waals surface area contributed by atoms with Gasteiger partial charge in [-0.2, -0.15) is 0 Å². The van der Waals surface area contributed by atoms with Gasteiger partial charge in [0.15, 0.2) is 0 Å². The third kappa shape index (κ3) is 3.45. The molecule has 1 fully saturated rings. The van der Waals surface area contributed by atoms with E-state index in [-0.39, 0.29) is 29.9 Å². The number of nitrogens with one attached hydrogen (secondary N) is 1. The zero-order chi connectivity index (χ0) is 13.7. The molecule has 0 spiro atoms. The first-order valence-electron chi connectivity index (χ1n) is 6.61. The number of carbonyl (C=O) groups is 2. The Morgan fingerprint density at radius 1 is 1.50 bits per heavy atom. The van der Waals surface area contributed by atoms with Crippen molar-refractivity contribution in [3.05, 3.63) is 0 Å². The van der Waals surface area contributed by atoms with E-state index < -0.39 is 0 Å². The third-order valence-electron chi connectivity index (χ3n) is 3.47. The number of methoxy groups -OCH3 is 1. The second-order valence-electron chi connectivity index (χ2n) is 4.96. The summed E-state index contributed by atoms with van der Waals surface area (Å²) in [6, 6.07) is -0.345.